The van der Waals surface area contributed by atoms with Crippen LogP contribution >= 0.6 is 0 Å². The van der Waals surface area contributed by atoms with Gasteiger partial charge in [-0.25, -0.2) is 9.97 Å². The SMILES string of the molecule is CCCCOC1C[C@H]2CCC[C@@H](C1)C2NC(=O)c1ncn2c(C)cc(COC)nc12.[HH]. The molecule has 166 valence electrons. The van der Waals surface area contributed by atoms with Gasteiger partial charge in [-0.1, -0.05) is 19.8 Å². The Morgan fingerprint density at radius 3 is 2.80 bits per heavy atom. The summed E-state index contributed by atoms with van der Waals surface area (Å²) in [4.78, 5) is 22.2. The third-order valence-electron chi connectivity index (χ3n) is 6.70. The lowest BCUT2D eigenvalue weighted by atomic mass is 9.67. The van der Waals surface area contributed by atoms with Crippen LogP contribution in [0.3, 0.4) is 0 Å². The first-order valence-corrected chi connectivity index (χ1v) is 11.4. The molecule has 2 aromatic rings. The van der Waals surface area contributed by atoms with E-state index in [9.17, 15) is 4.79 Å². The molecule has 2 aliphatic rings. The van der Waals surface area contributed by atoms with Gasteiger partial charge >= 0.3 is 0 Å². The molecule has 2 heterocycles. The molecular weight excluding hydrogens is 380 g/mol. The average molecular weight is 417 g/mol. The fourth-order valence-electron chi connectivity index (χ4n) is 5.24. The summed E-state index contributed by atoms with van der Waals surface area (Å²) in [7, 11) is 1.65. The fraction of sp³-hybridized carbons (Fsp3) is 0.696. The monoisotopic (exact) mass is 416 g/mol. The zero-order valence-corrected chi connectivity index (χ0v) is 18.4. The Bertz CT molecular complexity index is 873. The maximum Gasteiger partial charge on any atom is 0.274 e. The number of hydrogen-bond donors (Lipinski definition) is 1. The van der Waals surface area contributed by atoms with Crippen molar-refractivity contribution >= 4 is 11.6 Å². The Labute approximate surface area is 180 Å². The summed E-state index contributed by atoms with van der Waals surface area (Å²) in [6, 6.07) is 2.17. The van der Waals surface area contributed by atoms with E-state index in [4.69, 9.17) is 9.47 Å². The maximum atomic E-state index is 13.2. The van der Waals surface area contributed by atoms with Gasteiger partial charge in [0.15, 0.2) is 11.3 Å². The molecule has 1 amide bonds. The number of methoxy groups -OCH3 is 1. The van der Waals surface area contributed by atoms with Crippen molar-refractivity contribution in [3.63, 3.8) is 0 Å². The number of hydrogen-bond acceptors (Lipinski definition) is 5. The molecule has 1 N–H and O–H groups in total. The Morgan fingerprint density at radius 1 is 1.33 bits per heavy atom. The van der Waals surface area contributed by atoms with Crippen LogP contribution in [-0.2, 0) is 16.1 Å². The Morgan fingerprint density at radius 2 is 2.10 bits per heavy atom. The van der Waals surface area contributed by atoms with E-state index in [0.717, 1.165) is 56.5 Å². The van der Waals surface area contributed by atoms with Gasteiger partial charge in [0.1, 0.15) is 6.33 Å². The lowest BCUT2D eigenvalue weighted by Crippen LogP contribution is -2.52. The van der Waals surface area contributed by atoms with Gasteiger partial charge in [-0.2, -0.15) is 0 Å². The van der Waals surface area contributed by atoms with Crippen molar-refractivity contribution in [2.45, 2.75) is 77.5 Å². The summed E-state index contributed by atoms with van der Waals surface area (Å²) in [5.41, 5.74) is 2.79. The number of aromatic nitrogens is 3. The van der Waals surface area contributed by atoms with E-state index in [-0.39, 0.29) is 13.4 Å². The minimum absolute atomic E-state index is 0. The largest absolute Gasteiger partial charge is 0.378 e. The van der Waals surface area contributed by atoms with Gasteiger partial charge < -0.3 is 14.8 Å². The molecule has 30 heavy (non-hydrogen) atoms. The predicted molar refractivity (Wildman–Crippen MR) is 117 cm³/mol. The van der Waals surface area contributed by atoms with Gasteiger partial charge in [0, 0.05) is 26.9 Å². The Balaban J connectivity index is 0.00000272. The molecular formula is C23H36N4O3. The highest BCUT2D eigenvalue weighted by molar-refractivity contribution is 5.98. The summed E-state index contributed by atoms with van der Waals surface area (Å²) in [5.74, 6) is 0.854. The van der Waals surface area contributed by atoms with E-state index in [1.807, 2.05) is 17.4 Å². The number of ether oxygens (including phenoxy) is 2. The van der Waals surface area contributed by atoms with Crippen molar-refractivity contribution in [3.8, 4) is 0 Å². The number of fused-ring (bicyclic) bond motifs is 3. The minimum atomic E-state index is -0.119. The van der Waals surface area contributed by atoms with Crippen LogP contribution in [0.5, 0.6) is 0 Å². The number of carbonyl (C=O) groups is 1. The van der Waals surface area contributed by atoms with E-state index >= 15 is 0 Å². The summed E-state index contributed by atoms with van der Waals surface area (Å²) in [5, 5.41) is 3.33. The van der Waals surface area contributed by atoms with Crippen LogP contribution in [0.2, 0.25) is 0 Å². The van der Waals surface area contributed by atoms with Gasteiger partial charge in [-0.15, -0.1) is 0 Å². The normalized spacial score (nSPS) is 26.1. The second-order valence-electron chi connectivity index (χ2n) is 8.88. The Hall–Kier alpha value is -1.99. The van der Waals surface area contributed by atoms with Crippen LogP contribution in [0.15, 0.2) is 12.4 Å². The second-order valence-corrected chi connectivity index (χ2v) is 8.88. The summed E-state index contributed by atoms with van der Waals surface area (Å²) in [6.07, 6.45) is 9.97. The molecule has 7 heteroatoms. The summed E-state index contributed by atoms with van der Waals surface area (Å²) in [6.45, 7) is 5.45. The van der Waals surface area contributed by atoms with Crippen LogP contribution in [-0.4, -0.2) is 46.1 Å². The summed E-state index contributed by atoms with van der Waals surface area (Å²) >= 11 is 0. The zero-order valence-electron chi connectivity index (χ0n) is 18.4. The van der Waals surface area contributed by atoms with Crippen molar-refractivity contribution in [3.05, 3.63) is 29.5 Å². The van der Waals surface area contributed by atoms with E-state index in [0.29, 0.717) is 35.9 Å². The van der Waals surface area contributed by atoms with E-state index < -0.39 is 0 Å². The predicted octanol–water partition coefficient (Wildman–Crippen LogP) is 3.92. The van der Waals surface area contributed by atoms with E-state index in [1.54, 1.807) is 13.4 Å². The van der Waals surface area contributed by atoms with E-state index in [1.165, 1.54) is 6.42 Å². The number of amides is 1. The van der Waals surface area contributed by atoms with Crippen molar-refractivity contribution in [2.75, 3.05) is 13.7 Å². The van der Waals surface area contributed by atoms with Gasteiger partial charge in [-0.3, -0.25) is 9.20 Å². The number of imidazole rings is 1. The number of aryl methyl sites for hydroxylation is 1. The molecule has 0 spiro atoms. The molecule has 2 fully saturated rings. The lowest BCUT2D eigenvalue weighted by molar-refractivity contribution is -0.0329. The highest BCUT2D eigenvalue weighted by Gasteiger charge is 2.41. The first-order chi connectivity index (χ1) is 14.6. The van der Waals surface area contributed by atoms with Gasteiger partial charge in [0.25, 0.3) is 5.91 Å². The lowest BCUT2D eigenvalue weighted by Gasteiger charge is -2.45. The molecule has 0 radical (unpaired) electrons. The van der Waals surface area contributed by atoms with Gasteiger partial charge in [0.05, 0.1) is 18.4 Å². The first kappa shape index (κ1) is 21.2. The smallest absolute Gasteiger partial charge is 0.274 e. The molecule has 2 bridgehead atoms. The molecule has 0 aliphatic heterocycles. The van der Waals surface area contributed by atoms with Crippen LogP contribution in [0.4, 0.5) is 0 Å². The quantitative estimate of drug-likeness (QED) is 0.660. The van der Waals surface area contributed by atoms with Crippen LogP contribution in [0.1, 0.15) is 75.2 Å². The Kier molecular flexibility index (Phi) is 6.68. The van der Waals surface area contributed by atoms with Gasteiger partial charge in [-0.05, 0) is 56.9 Å². The fourth-order valence-corrected chi connectivity index (χ4v) is 5.24. The van der Waals surface area contributed by atoms with Crippen molar-refractivity contribution < 1.29 is 15.7 Å². The third-order valence-corrected chi connectivity index (χ3v) is 6.70. The summed E-state index contributed by atoms with van der Waals surface area (Å²) < 4.78 is 13.2. The zero-order chi connectivity index (χ0) is 21.1. The van der Waals surface area contributed by atoms with Crippen molar-refractivity contribution in [1.29, 1.82) is 0 Å². The van der Waals surface area contributed by atoms with Gasteiger partial charge in [0.2, 0.25) is 0 Å². The molecule has 0 saturated heterocycles. The molecule has 2 aromatic heterocycles. The first-order valence-electron chi connectivity index (χ1n) is 11.4. The standard InChI is InChI=1S/C23H34N4O3.H2/c1-4-5-9-30-19-11-16-7-6-8-17(12-19)20(16)26-23(28)21-22-25-18(13-29-3)10-15(2)27(22)14-24-21;/h10,14,16-17,19-20H,4-9,11-13H2,1-3H3,(H,26,28);1H/t16-,17+,19?,20?;. The molecule has 2 saturated carbocycles. The maximum absolute atomic E-state index is 13.2. The molecule has 2 unspecified atom stereocenters. The molecule has 2 aliphatic carbocycles. The number of unbranched alkanes of at least 4 members (excludes halogenated alkanes) is 1. The highest BCUT2D eigenvalue weighted by Crippen LogP contribution is 2.41. The minimum Gasteiger partial charge on any atom is -0.378 e. The number of carbonyl (C=O) groups excluding carboxylic acids is 1. The van der Waals surface area contributed by atoms with Crippen LogP contribution in [0.25, 0.3) is 5.65 Å². The molecule has 4 rings (SSSR count). The van der Waals surface area contributed by atoms with E-state index in [2.05, 4.69) is 22.2 Å². The van der Waals surface area contributed by atoms with Crippen molar-refractivity contribution in [1.82, 2.24) is 19.7 Å². The number of nitrogens with one attached hydrogen (secondary N) is 1. The van der Waals surface area contributed by atoms with Crippen LogP contribution < -0.4 is 5.32 Å². The highest BCUT2D eigenvalue weighted by atomic mass is 16.5. The third kappa shape index (κ3) is 4.37. The van der Waals surface area contributed by atoms with Crippen LogP contribution in [0, 0.1) is 18.8 Å². The molecule has 4 atom stereocenters. The van der Waals surface area contributed by atoms with Crippen molar-refractivity contribution in [2.24, 2.45) is 11.8 Å². The molecule has 7 nitrogen and oxygen atoms in total. The number of rotatable bonds is 8. The second kappa shape index (κ2) is 9.43. The topological polar surface area (TPSA) is 77.8 Å². The average Bonchev–Trinajstić information content (AvgIpc) is 3.13. The number of nitrogens with zero attached hydrogens (tertiary/aromatic N) is 3. The molecule has 0 aromatic carbocycles.